The molecule has 1 rings (SSSR count). The lowest BCUT2D eigenvalue weighted by Gasteiger charge is -2.21. The quantitative estimate of drug-likeness (QED) is 0.773. The summed E-state index contributed by atoms with van der Waals surface area (Å²) >= 11 is 0. The van der Waals surface area contributed by atoms with Crippen molar-refractivity contribution < 1.29 is 4.52 Å². The molecule has 104 valence electrons. The molecule has 4 nitrogen and oxygen atoms in total. The number of aromatic nitrogens is 1. The van der Waals surface area contributed by atoms with Gasteiger partial charge < -0.3 is 9.84 Å². The molecule has 1 aromatic heterocycles. The van der Waals surface area contributed by atoms with Crippen LogP contribution < -0.4 is 5.32 Å². The van der Waals surface area contributed by atoms with E-state index in [4.69, 9.17) is 4.52 Å². The van der Waals surface area contributed by atoms with Gasteiger partial charge in [-0.05, 0) is 32.9 Å². The van der Waals surface area contributed by atoms with Gasteiger partial charge in [0.1, 0.15) is 0 Å². The highest BCUT2D eigenvalue weighted by atomic mass is 16.5. The highest BCUT2D eigenvalue weighted by molar-refractivity contribution is 5.05. The van der Waals surface area contributed by atoms with Crippen molar-refractivity contribution in [3.8, 4) is 0 Å². The Morgan fingerprint density at radius 1 is 1.39 bits per heavy atom. The molecule has 0 spiro atoms. The zero-order valence-corrected chi connectivity index (χ0v) is 12.4. The van der Waals surface area contributed by atoms with Crippen molar-refractivity contribution in [2.75, 3.05) is 13.6 Å². The summed E-state index contributed by atoms with van der Waals surface area (Å²) in [5.74, 6) is 1.60. The fraction of sp³-hybridized carbons (Fsp3) is 0.786. The molecule has 0 fully saturated rings. The number of nitrogens with zero attached hydrogens (tertiary/aromatic N) is 2. The summed E-state index contributed by atoms with van der Waals surface area (Å²) in [4.78, 5) is 2.28. The zero-order chi connectivity index (χ0) is 13.5. The van der Waals surface area contributed by atoms with E-state index in [0.717, 1.165) is 37.5 Å². The molecular weight excluding hydrogens is 226 g/mol. The summed E-state index contributed by atoms with van der Waals surface area (Å²) < 4.78 is 5.36. The van der Waals surface area contributed by atoms with E-state index in [0.29, 0.717) is 12.0 Å². The Labute approximate surface area is 111 Å². The van der Waals surface area contributed by atoms with Crippen LogP contribution in [0, 0.1) is 5.92 Å². The normalized spacial score (nSPS) is 13.5. The summed E-state index contributed by atoms with van der Waals surface area (Å²) in [6, 6.07) is 2.62. The van der Waals surface area contributed by atoms with E-state index < -0.39 is 0 Å². The number of nitrogens with one attached hydrogen (secondary N) is 1. The van der Waals surface area contributed by atoms with Crippen LogP contribution in [0.15, 0.2) is 10.6 Å². The lowest BCUT2D eigenvalue weighted by Crippen LogP contribution is -2.27. The molecule has 0 aliphatic heterocycles. The standard InChI is InChI=1S/C14H27N3O/c1-6-12(4)17(5)10-14-7-13(16-18-14)9-15-8-11(2)3/h7,11-12,15H,6,8-10H2,1-5H3. The fourth-order valence-electron chi connectivity index (χ4n) is 1.72. The number of hydrogen-bond acceptors (Lipinski definition) is 4. The highest BCUT2D eigenvalue weighted by Gasteiger charge is 2.11. The van der Waals surface area contributed by atoms with Gasteiger partial charge in [-0.3, -0.25) is 4.90 Å². The SMILES string of the molecule is CCC(C)N(C)Cc1cc(CNCC(C)C)no1. The van der Waals surface area contributed by atoms with Crippen LogP contribution in [0.5, 0.6) is 0 Å². The summed E-state index contributed by atoms with van der Waals surface area (Å²) in [5.41, 5.74) is 0.989. The average Bonchev–Trinajstić information content (AvgIpc) is 2.75. The molecule has 1 heterocycles. The van der Waals surface area contributed by atoms with Gasteiger partial charge in [0, 0.05) is 18.7 Å². The molecule has 0 amide bonds. The second kappa shape index (κ2) is 7.54. The molecule has 4 heteroatoms. The maximum absolute atomic E-state index is 5.36. The van der Waals surface area contributed by atoms with Crippen LogP contribution in [-0.2, 0) is 13.1 Å². The van der Waals surface area contributed by atoms with E-state index in [2.05, 4.69) is 50.1 Å². The third-order valence-corrected chi connectivity index (χ3v) is 3.21. The minimum absolute atomic E-state index is 0.567. The molecule has 1 N–H and O–H groups in total. The lowest BCUT2D eigenvalue weighted by molar-refractivity contribution is 0.214. The molecule has 1 aromatic rings. The predicted octanol–water partition coefficient (Wildman–Crippen LogP) is 2.65. The Morgan fingerprint density at radius 3 is 2.72 bits per heavy atom. The smallest absolute Gasteiger partial charge is 0.151 e. The second-order valence-electron chi connectivity index (χ2n) is 5.48. The van der Waals surface area contributed by atoms with Crippen molar-refractivity contribution in [3.05, 3.63) is 17.5 Å². The minimum atomic E-state index is 0.567. The van der Waals surface area contributed by atoms with Crippen LogP contribution in [0.2, 0.25) is 0 Å². The van der Waals surface area contributed by atoms with Crippen LogP contribution >= 0.6 is 0 Å². The van der Waals surface area contributed by atoms with Crippen LogP contribution in [-0.4, -0.2) is 29.7 Å². The summed E-state index contributed by atoms with van der Waals surface area (Å²) in [6.45, 7) is 11.4. The first kappa shape index (κ1) is 15.2. The lowest BCUT2D eigenvalue weighted by atomic mass is 10.2. The average molecular weight is 253 g/mol. The monoisotopic (exact) mass is 253 g/mol. The Bertz CT molecular complexity index is 336. The van der Waals surface area contributed by atoms with Crippen LogP contribution in [0.4, 0.5) is 0 Å². The number of rotatable bonds is 8. The van der Waals surface area contributed by atoms with Gasteiger partial charge in [-0.25, -0.2) is 0 Å². The van der Waals surface area contributed by atoms with Crippen molar-refractivity contribution in [2.45, 2.75) is 53.2 Å². The third-order valence-electron chi connectivity index (χ3n) is 3.21. The molecule has 0 saturated carbocycles. The van der Waals surface area contributed by atoms with Crippen molar-refractivity contribution in [1.29, 1.82) is 0 Å². The Balaban J connectivity index is 2.38. The molecular formula is C14H27N3O. The van der Waals surface area contributed by atoms with Crippen molar-refractivity contribution in [2.24, 2.45) is 5.92 Å². The molecule has 0 aliphatic carbocycles. The summed E-state index contributed by atoms with van der Waals surface area (Å²) in [7, 11) is 2.12. The Hall–Kier alpha value is -0.870. The van der Waals surface area contributed by atoms with Gasteiger partial charge in [-0.1, -0.05) is 25.9 Å². The maximum atomic E-state index is 5.36. The zero-order valence-electron chi connectivity index (χ0n) is 12.4. The fourth-order valence-corrected chi connectivity index (χ4v) is 1.72. The molecule has 1 unspecified atom stereocenters. The summed E-state index contributed by atoms with van der Waals surface area (Å²) in [5, 5.41) is 7.45. The second-order valence-corrected chi connectivity index (χ2v) is 5.48. The van der Waals surface area contributed by atoms with Gasteiger partial charge >= 0.3 is 0 Å². The third kappa shape index (κ3) is 5.19. The largest absolute Gasteiger partial charge is 0.360 e. The minimum Gasteiger partial charge on any atom is -0.360 e. The van der Waals surface area contributed by atoms with Crippen LogP contribution in [0.3, 0.4) is 0 Å². The topological polar surface area (TPSA) is 41.3 Å². The first-order valence-corrected chi connectivity index (χ1v) is 6.88. The molecule has 18 heavy (non-hydrogen) atoms. The van der Waals surface area contributed by atoms with E-state index in [-0.39, 0.29) is 0 Å². The van der Waals surface area contributed by atoms with E-state index in [1.807, 2.05) is 6.07 Å². The molecule has 0 aliphatic rings. The molecule has 1 atom stereocenters. The first-order valence-electron chi connectivity index (χ1n) is 6.88. The van der Waals surface area contributed by atoms with Crippen LogP contribution in [0.1, 0.15) is 45.6 Å². The van der Waals surface area contributed by atoms with Gasteiger partial charge in [0.05, 0.1) is 12.2 Å². The van der Waals surface area contributed by atoms with E-state index in [1.54, 1.807) is 0 Å². The molecule has 0 saturated heterocycles. The van der Waals surface area contributed by atoms with E-state index in [1.165, 1.54) is 0 Å². The van der Waals surface area contributed by atoms with Gasteiger partial charge in [-0.2, -0.15) is 0 Å². The molecule has 0 radical (unpaired) electrons. The predicted molar refractivity (Wildman–Crippen MR) is 74.3 cm³/mol. The van der Waals surface area contributed by atoms with Gasteiger partial charge in [0.15, 0.2) is 5.76 Å². The van der Waals surface area contributed by atoms with Gasteiger partial charge in [0.2, 0.25) is 0 Å². The highest BCUT2D eigenvalue weighted by Crippen LogP contribution is 2.10. The van der Waals surface area contributed by atoms with Crippen LogP contribution in [0.25, 0.3) is 0 Å². The van der Waals surface area contributed by atoms with E-state index >= 15 is 0 Å². The number of hydrogen-bond donors (Lipinski definition) is 1. The molecule has 0 bridgehead atoms. The summed E-state index contributed by atoms with van der Waals surface area (Å²) in [6.07, 6.45) is 1.15. The van der Waals surface area contributed by atoms with Crippen molar-refractivity contribution >= 4 is 0 Å². The Morgan fingerprint density at radius 2 is 2.11 bits per heavy atom. The van der Waals surface area contributed by atoms with Gasteiger partial charge in [-0.15, -0.1) is 0 Å². The van der Waals surface area contributed by atoms with E-state index in [9.17, 15) is 0 Å². The maximum Gasteiger partial charge on any atom is 0.151 e. The first-order chi connectivity index (χ1) is 8.52. The Kier molecular flexibility index (Phi) is 6.36. The molecule has 0 aromatic carbocycles. The van der Waals surface area contributed by atoms with Gasteiger partial charge in [0.25, 0.3) is 0 Å². The van der Waals surface area contributed by atoms with Crippen molar-refractivity contribution in [3.63, 3.8) is 0 Å². The van der Waals surface area contributed by atoms with Crippen molar-refractivity contribution in [1.82, 2.24) is 15.4 Å².